The highest BCUT2D eigenvalue weighted by Gasteiger charge is 2.30. The minimum Gasteiger partial charge on any atom is -0.310 e. The Morgan fingerprint density at radius 3 is 2.94 bits per heavy atom. The van der Waals surface area contributed by atoms with Crippen LogP contribution in [-0.4, -0.2) is 23.2 Å². The minimum atomic E-state index is 0.172. The van der Waals surface area contributed by atoms with Crippen LogP contribution in [0.1, 0.15) is 12.1 Å². The number of carbonyl (C=O) groups excluding carboxylic acids is 1. The molecule has 0 spiro atoms. The van der Waals surface area contributed by atoms with Crippen LogP contribution in [0.25, 0.3) is 0 Å². The van der Waals surface area contributed by atoms with Gasteiger partial charge in [-0.15, -0.1) is 0 Å². The molecule has 0 N–H and O–H groups in total. The number of aryl methyl sites for hydroxylation is 1. The number of carbonyl (C=O) groups is 1. The summed E-state index contributed by atoms with van der Waals surface area (Å²) in [5.74, 6) is 1.29. The van der Waals surface area contributed by atoms with Crippen molar-refractivity contribution in [3.05, 3.63) is 22.4 Å². The van der Waals surface area contributed by atoms with E-state index in [1.807, 2.05) is 24.0 Å². The smallest absolute Gasteiger partial charge is 0.227 e. The van der Waals surface area contributed by atoms with Gasteiger partial charge in [-0.25, -0.2) is 4.98 Å². The van der Waals surface area contributed by atoms with E-state index in [1.54, 1.807) is 0 Å². The molecule has 5 heteroatoms. The Hall–Kier alpha value is -0.550. The normalized spacial score (nSPS) is 20.6. The Bertz CT molecular complexity index is 424. The highest BCUT2D eigenvalue weighted by atomic mass is 79.9. The molecule has 86 valence electrons. The molecule has 0 bridgehead atoms. The molecule has 0 aromatic carbocycles. The Morgan fingerprint density at radius 2 is 2.38 bits per heavy atom. The van der Waals surface area contributed by atoms with Crippen LogP contribution in [-0.2, 0) is 4.79 Å². The lowest BCUT2D eigenvalue weighted by atomic mass is 10.1. The van der Waals surface area contributed by atoms with Crippen LogP contribution in [0.2, 0.25) is 0 Å². The van der Waals surface area contributed by atoms with Gasteiger partial charge in [0, 0.05) is 13.0 Å². The summed E-state index contributed by atoms with van der Waals surface area (Å²) in [6.45, 7) is 2.67. The molecular formula is C11H13BrN2OS. The van der Waals surface area contributed by atoms with E-state index < -0.39 is 0 Å². The number of hydrogen-bond donors (Lipinski definition) is 1. The van der Waals surface area contributed by atoms with Gasteiger partial charge in [0.1, 0.15) is 4.60 Å². The fourth-order valence-corrected chi connectivity index (χ4v) is 2.59. The summed E-state index contributed by atoms with van der Waals surface area (Å²) in [6.07, 6.45) is 0.596. The lowest BCUT2D eigenvalue weighted by molar-refractivity contribution is -0.117. The molecule has 2 heterocycles. The van der Waals surface area contributed by atoms with Crippen molar-refractivity contribution in [1.82, 2.24) is 4.98 Å². The van der Waals surface area contributed by atoms with Crippen molar-refractivity contribution in [2.75, 3.05) is 17.2 Å². The van der Waals surface area contributed by atoms with Crippen molar-refractivity contribution < 1.29 is 4.79 Å². The molecule has 16 heavy (non-hydrogen) atoms. The van der Waals surface area contributed by atoms with E-state index >= 15 is 0 Å². The van der Waals surface area contributed by atoms with Gasteiger partial charge in [-0.05, 0) is 46.7 Å². The first-order chi connectivity index (χ1) is 7.61. The van der Waals surface area contributed by atoms with Gasteiger partial charge in [0.2, 0.25) is 5.91 Å². The number of pyridine rings is 1. The summed E-state index contributed by atoms with van der Waals surface area (Å²) in [7, 11) is 0. The number of thiol groups is 1. The molecule has 1 aliphatic heterocycles. The Balaban J connectivity index is 2.28. The largest absolute Gasteiger partial charge is 0.310 e. The number of halogens is 1. The lowest BCUT2D eigenvalue weighted by Crippen LogP contribution is -2.25. The van der Waals surface area contributed by atoms with E-state index in [0.29, 0.717) is 12.3 Å². The van der Waals surface area contributed by atoms with Crippen molar-refractivity contribution >= 4 is 40.2 Å². The number of hydrogen-bond acceptors (Lipinski definition) is 3. The van der Waals surface area contributed by atoms with E-state index in [4.69, 9.17) is 0 Å². The molecule has 1 unspecified atom stereocenters. The van der Waals surface area contributed by atoms with Gasteiger partial charge < -0.3 is 4.90 Å². The molecule has 0 radical (unpaired) electrons. The van der Waals surface area contributed by atoms with Crippen LogP contribution in [0.15, 0.2) is 16.7 Å². The van der Waals surface area contributed by atoms with Crippen LogP contribution >= 0.6 is 28.6 Å². The van der Waals surface area contributed by atoms with E-state index in [0.717, 1.165) is 28.3 Å². The molecule has 1 amide bonds. The zero-order valence-corrected chi connectivity index (χ0v) is 11.5. The van der Waals surface area contributed by atoms with Gasteiger partial charge in [-0.1, -0.05) is 0 Å². The van der Waals surface area contributed by atoms with Gasteiger partial charge >= 0.3 is 0 Å². The van der Waals surface area contributed by atoms with E-state index in [1.165, 1.54) is 0 Å². The quantitative estimate of drug-likeness (QED) is 0.672. The summed E-state index contributed by atoms with van der Waals surface area (Å²) >= 11 is 7.57. The maximum atomic E-state index is 11.8. The summed E-state index contributed by atoms with van der Waals surface area (Å²) in [4.78, 5) is 18.0. The molecule has 3 nitrogen and oxygen atoms in total. The van der Waals surface area contributed by atoms with E-state index in [-0.39, 0.29) is 5.91 Å². The third-order valence-corrected chi connectivity index (χ3v) is 3.74. The summed E-state index contributed by atoms with van der Waals surface area (Å²) < 4.78 is 0.797. The highest BCUT2D eigenvalue weighted by Crippen LogP contribution is 2.28. The summed E-state index contributed by atoms with van der Waals surface area (Å²) in [5, 5.41) is 0. The second-order valence-corrected chi connectivity index (χ2v) is 5.17. The van der Waals surface area contributed by atoms with Gasteiger partial charge in [-0.2, -0.15) is 12.6 Å². The Kier molecular flexibility index (Phi) is 3.54. The number of aromatic nitrogens is 1. The minimum absolute atomic E-state index is 0.172. The summed E-state index contributed by atoms with van der Waals surface area (Å²) in [6, 6.07) is 3.80. The number of nitrogens with zero attached hydrogens (tertiary/aromatic N) is 2. The molecule has 1 aliphatic rings. The zero-order chi connectivity index (χ0) is 11.7. The Morgan fingerprint density at radius 1 is 1.62 bits per heavy atom. The third-order valence-electron chi connectivity index (χ3n) is 2.78. The predicted molar refractivity (Wildman–Crippen MR) is 71.0 cm³/mol. The highest BCUT2D eigenvalue weighted by molar-refractivity contribution is 9.10. The summed E-state index contributed by atoms with van der Waals surface area (Å²) in [5.41, 5.74) is 1.79. The van der Waals surface area contributed by atoms with E-state index in [9.17, 15) is 4.79 Å². The SMILES string of the molecule is Cc1nc(Br)ccc1N1CC(CS)CC1=O. The van der Waals surface area contributed by atoms with Crippen LogP contribution in [0.3, 0.4) is 0 Å². The lowest BCUT2D eigenvalue weighted by Gasteiger charge is -2.18. The van der Waals surface area contributed by atoms with Crippen molar-refractivity contribution in [2.45, 2.75) is 13.3 Å². The average molecular weight is 301 g/mol. The first-order valence-electron chi connectivity index (χ1n) is 5.16. The van der Waals surface area contributed by atoms with Gasteiger partial charge in [0.05, 0.1) is 11.4 Å². The first kappa shape index (κ1) is 11.9. The monoisotopic (exact) mass is 300 g/mol. The average Bonchev–Trinajstić information content (AvgIpc) is 2.60. The number of anilines is 1. The molecule has 1 saturated heterocycles. The van der Waals surface area contributed by atoms with Crippen LogP contribution in [0.5, 0.6) is 0 Å². The van der Waals surface area contributed by atoms with Gasteiger partial charge in [0.25, 0.3) is 0 Å². The fourth-order valence-electron chi connectivity index (χ4n) is 1.95. The molecule has 0 saturated carbocycles. The number of amides is 1. The van der Waals surface area contributed by atoms with Crippen molar-refractivity contribution in [2.24, 2.45) is 5.92 Å². The molecule has 1 atom stereocenters. The second kappa shape index (κ2) is 4.75. The first-order valence-corrected chi connectivity index (χ1v) is 6.58. The number of rotatable bonds is 2. The molecule has 1 fully saturated rings. The molecule has 0 aliphatic carbocycles. The molecular weight excluding hydrogens is 288 g/mol. The maximum absolute atomic E-state index is 11.8. The van der Waals surface area contributed by atoms with E-state index in [2.05, 4.69) is 33.5 Å². The van der Waals surface area contributed by atoms with Crippen molar-refractivity contribution in [3.8, 4) is 0 Å². The van der Waals surface area contributed by atoms with Gasteiger partial charge in [-0.3, -0.25) is 4.79 Å². The standard InChI is InChI=1S/C11H13BrN2OS/c1-7-9(2-3-10(12)13-7)14-5-8(6-16)4-11(14)15/h2-3,8,16H,4-6H2,1H3. The zero-order valence-electron chi connectivity index (χ0n) is 8.98. The van der Waals surface area contributed by atoms with Crippen molar-refractivity contribution in [3.63, 3.8) is 0 Å². The topological polar surface area (TPSA) is 33.2 Å². The van der Waals surface area contributed by atoms with Gasteiger partial charge in [0.15, 0.2) is 0 Å². The molecule has 1 aromatic heterocycles. The van der Waals surface area contributed by atoms with Crippen molar-refractivity contribution in [1.29, 1.82) is 0 Å². The fraction of sp³-hybridized carbons (Fsp3) is 0.455. The van der Waals surface area contributed by atoms with Crippen LogP contribution in [0.4, 0.5) is 5.69 Å². The van der Waals surface area contributed by atoms with Crippen LogP contribution < -0.4 is 4.90 Å². The second-order valence-electron chi connectivity index (χ2n) is 4.00. The maximum Gasteiger partial charge on any atom is 0.227 e. The molecule has 2 rings (SSSR count). The van der Waals surface area contributed by atoms with Crippen LogP contribution in [0, 0.1) is 12.8 Å². The Labute approximate surface area is 109 Å². The molecule has 1 aromatic rings. The predicted octanol–water partition coefficient (Wildman–Crippen LogP) is 2.44. The third kappa shape index (κ3) is 2.25.